The van der Waals surface area contributed by atoms with Crippen LogP contribution in [-0.4, -0.2) is 61.9 Å². The largest absolute Gasteiger partial charge is 0.337 e. The van der Waals surface area contributed by atoms with E-state index in [1.54, 1.807) is 61.8 Å². The summed E-state index contributed by atoms with van der Waals surface area (Å²) in [4.78, 5) is 47.8. The Morgan fingerprint density at radius 3 is 2.50 bits per heavy atom. The first-order valence-corrected chi connectivity index (χ1v) is 16.3. The third-order valence-corrected chi connectivity index (χ3v) is 9.27. The zero-order chi connectivity index (χ0) is 35.7. The van der Waals surface area contributed by atoms with Crippen molar-refractivity contribution < 1.29 is 22.4 Å². The van der Waals surface area contributed by atoms with Gasteiger partial charge in [-0.15, -0.1) is 11.3 Å². The fraction of sp³-hybridized carbons (Fsp3) is 0.265. The Bertz CT molecular complexity index is 2220. The second kappa shape index (κ2) is 14.2. The molecule has 0 aliphatic heterocycles. The van der Waals surface area contributed by atoms with Crippen molar-refractivity contribution in [2.75, 3.05) is 26.0 Å². The molecule has 2 amide bonds. The lowest BCUT2D eigenvalue weighted by Gasteiger charge is -2.19. The SMILES string of the molecule is CC1C=C(F)C(Cn2c(=O)n(-c3ccc(-n4cccn4)nc3)c(=O)c3c(CN(C)C)c(-c4ccc(NC(=O)NCC(F)F)cc4)sc32)=C(F)C1. The molecule has 1 unspecified atom stereocenters. The van der Waals surface area contributed by atoms with Gasteiger partial charge in [-0.1, -0.05) is 19.1 Å². The highest BCUT2D eigenvalue weighted by molar-refractivity contribution is 7.22. The van der Waals surface area contributed by atoms with Crippen molar-refractivity contribution in [3.63, 3.8) is 0 Å². The summed E-state index contributed by atoms with van der Waals surface area (Å²) in [7, 11) is 3.63. The third-order valence-electron chi connectivity index (χ3n) is 7.96. The van der Waals surface area contributed by atoms with Crippen LogP contribution in [0.5, 0.6) is 0 Å². The van der Waals surface area contributed by atoms with Crippen LogP contribution in [-0.2, 0) is 13.1 Å². The van der Waals surface area contributed by atoms with E-state index in [9.17, 15) is 23.2 Å². The number of fused-ring (bicyclic) bond motifs is 1. The first-order chi connectivity index (χ1) is 23.9. The van der Waals surface area contributed by atoms with Crippen molar-refractivity contribution in [2.24, 2.45) is 5.92 Å². The maximum Gasteiger partial charge on any atom is 0.337 e. The molecule has 260 valence electrons. The predicted molar refractivity (Wildman–Crippen MR) is 184 cm³/mol. The van der Waals surface area contributed by atoms with E-state index in [0.717, 1.165) is 15.9 Å². The molecule has 11 nitrogen and oxygen atoms in total. The Balaban J connectivity index is 1.53. The predicted octanol–water partition coefficient (Wildman–Crippen LogP) is 6.03. The standard InChI is InChI=1S/C34H32F4N8O3S/c1-19-13-25(35)23(26(36)14-19)18-44-32-29(31(47)46(34(44)49)22-9-10-28(39-15-22)45-12-4-11-41-45)24(17-43(2)3)30(50-32)20-5-7-21(8-6-20)42-33(48)40-16-27(37)38/h4-13,15,19,27H,14,16-18H2,1-3H3,(H2,40,42,48). The minimum absolute atomic E-state index is 0.0266. The molecule has 16 heteroatoms. The number of carbonyl (C=O) groups excluding carboxylic acids is 1. The average molecular weight is 709 g/mol. The second-order valence-corrected chi connectivity index (χ2v) is 13.0. The van der Waals surface area contributed by atoms with Crippen LogP contribution in [0.4, 0.5) is 28.0 Å². The lowest BCUT2D eigenvalue weighted by atomic mass is 9.96. The molecule has 0 saturated heterocycles. The van der Waals surface area contributed by atoms with E-state index in [4.69, 9.17) is 0 Å². The molecule has 5 aromatic rings. The highest BCUT2D eigenvalue weighted by Crippen LogP contribution is 2.39. The molecule has 1 aliphatic rings. The molecule has 50 heavy (non-hydrogen) atoms. The summed E-state index contributed by atoms with van der Waals surface area (Å²) in [5.74, 6) is -1.36. The number of halogens is 4. The first-order valence-electron chi connectivity index (χ1n) is 15.5. The number of hydrogen-bond donors (Lipinski definition) is 2. The van der Waals surface area contributed by atoms with Crippen molar-refractivity contribution in [1.29, 1.82) is 0 Å². The molecular formula is C34H32F4N8O3S. The van der Waals surface area contributed by atoms with E-state index in [-0.39, 0.29) is 40.4 Å². The van der Waals surface area contributed by atoms with Gasteiger partial charge in [0.05, 0.1) is 30.4 Å². The zero-order valence-corrected chi connectivity index (χ0v) is 28.0. The number of amides is 2. The number of anilines is 1. The van der Waals surface area contributed by atoms with Gasteiger partial charge in [0.15, 0.2) is 5.82 Å². The van der Waals surface area contributed by atoms with Gasteiger partial charge in [-0.05, 0) is 67.5 Å². The smallest absolute Gasteiger partial charge is 0.332 e. The summed E-state index contributed by atoms with van der Waals surface area (Å²) >= 11 is 1.13. The second-order valence-electron chi connectivity index (χ2n) is 12.0. The number of nitrogens with one attached hydrogen (secondary N) is 2. The minimum atomic E-state index is -2.70. The topological polar surface area (TPSA) is 119 Å². The molecule has 1 aliphatic carbocycles. The zero-order valence-electron chi connectivity index (χ0n) is 27.2. The molecular weight excluding hydrogens is 676 g/mol. The molecule has 0 fully saturated rings. The Labute approximate surface area is 286 Å². The number of alkyl halides is 2. The summed E-state index contributed by atoms with van der Waals surface area (Å²) in [6.07, 6.45) is 3.22. The summed E-state index contributed by atoms with van der Waals surface area (Å²) in [6, 6.07) is 10.6. The first kappa shape index (κ1) is 34.5. The van der Waals surface area contributed by atoms with Gasteiger partial charge in [-0.2, -0.15) is 5.10 Å². The Kier molecular flexibility index (Phi) is 9.83. The fourth-order valence-corrected chi connectivity index (χ4v) is 7.00. The van der Waals surface area contributed by atoms with Crippen LogP contribution in [0.25, 0.3) is 32.2 Å². The van der Waals surface area contributed by atoms with Crippen molar-refractivity contribution in [3.8, 4) is 21.9 Å². The minimum Gasteiger partial charge on any atom is -0.332 e. The van der Waals surface area contributed by atoms with Crippen LogP contribution in [0, 0.1) is 5.92 Å². The van der Waals surface area contributed by atoms with E-state index < -0.39 is 48.4 Å². The third kappa shape index (κ3) is 7.02. The molecule has 0 radical (unpaired) electrons. The lowest BCUT2D eigenvalue weighted by molar-refractivity contribution is 0.148. The van der Waals surface area contributed by atoms with Gasteiger partial charge in [0.1, 0.15) is 16.5 Å². The Morgan fingerprint density at radius 1 is 1.12 bits per heavy atom. The van der Waals surface area contributed by atoms with Crippen LogP contribution >= 0.6 is 11.3 Å². The van der Waals surface area contributed by atoms with Crippen LogP contribution in [0.15, 0.2) is 93.9 Å². The average Bonchev–Trinajstić information content (AvgIpc) is 3.73. The normalized spacial score (nSPS) is 14.9. The van der Waals surface area contributed by atoms with Gasteiger partial charge in [0, 0.05) is 41.5 Å². The molecule has 1 atom stereocenters. The van der Waals surface area contributed by atoms with Crippen LogP contribution < -0.4 is 21.9 Å². The van der Waals surface area contributed by atoms with Gasteiger partial charge in [-0.25, -0.2) is 41.4 Å². The number of carbonyl (C=O) groups is 1. The van der Waals surface area contributed by atoms with Crippen LogP contribution in [0.2, 0.25) is 0 Å². The Hall–Kier alpha value is -5.35. The van der Waals surface area contributed by atoms with Crippen LogP contribution in [0.3, 0.4) is 0 Å². The molecule has 4 heterocycles. The highest BCUT2D eigenvalue weighted by atomic mass is 32.1. The van der Waals surface area contributed by atoms with E-state index in [1.807, 2.05) is 19.0 Å². The number of thiophene rings is 1. The summed E-state index contributed by atoms with van der Waals surface area (Å²) in [5.41, 5.74) is -0.0296. The number of allylic oxidation sites excluding steroid dienone is 4. The quantitative estimate of drug-likeness (QED) is 0.171. The number of nitrogens with zero attached hydrogens (tertiary/aromatic N) is 6. The molecule has 6 rings (SSSR count). The molecule has 1 aromatic carbocycles. The highest BCUT2D eigenvalue weighted by Gasteiger charge is 2.27. The summed E-state index contributed by atoms with van der Waals surface area (Å²) < 4.78 is 59.3. The van der Waals surface area contributed by atoms with Crippen molar-refractivity contribution in [2.45, 2.75) is 32.9 Å². The van der Waals surface area contributed by atoms with E-state index in [0.29, 0.717) is 27.5 Å². The van der Waals surface area contributed by atoms with Crippen molar-refractivity contribution in [3.05, 3.63) is 111 Å². The number of aromatic nitrogens is 5. The molecule has 0 saturated carbocycles. The number of urea groups is 1. The number of rotatable bonds is 10. The molecule has 0 bridgehead atoms. The molecule has 0 spiro atoms. The fourth-order valence-electron chi connectivity index (χ4n) is 5.70. The number of benzene rings is 1. The monoisotopic (exact) mass is 708 g/mol. The van der Waals surface area contributed by atoms with Gasteiger partial charge >= 0.3 is 11.7 Å². The van der Waals surface area contributed by atoms with Gasteiger partial charge in [0.25, 0.3) is 12.0 Å². The van der Waals surface area contributed by atoms with Crippen molar-refractivity contribution in [1.82, 2.24) is 34.1 Å². The van der Waals surface area contributed by atoms with Crippen molar-refractivity contribution >= 4 is 33.3 Å². The maximum atomic E-state index is 15.3. The lowest BCUT2D eigenvalue weighted by Crippen LogP contribution is -2.39. The van der Waals surface area contributed by atoms with Crippen LogP contribution in [0.1, 0.15) is 18.9 Å². The number of pyridine rings is 1. The van der Waals surface area contributed by atoms with Gasteiger partial charge in [0.2, 0.25) is 0 Å². The maximum absolute atomic E-state index is 15.3. The van der Waals surface area contributed by atoms with E-state index in [2.05, 4.69) is 20.7 Å². The molecule has 2 N–H and O–H groups in total. The summed E-state index contributed by atoms with van der Waals surface area (Å²) in [6.45, 7) is 0.685. The number of hydrogen-bond acceptors (Lipinski definition) is 7. The van der Waals surface area contributed by atoms with Gasteiger partial charge < -0.3 is 15.5 Å². The molecule has 4 aromatic heterocycles. The van der Waals surface area contributed by atoms with Gasteiger partial charge in [-0.3, -0.25) is 9.36 Å². The Morgan fingerprint density at radius 2 is 1.88 bits per heavy atom. The van der Waals surface area contributed by atoms with E-state index in [1.165, 1.54) is 21.5 Å². The summed E-state index contributed by atoms with van der Waals surface area (Å²) in [5, 5.41) is 8.91. The van der Waals surface area contributed by atoms with E-state index >= 15 is 8.78 Å².